The predicted octanol–water partition coefficient (Wildman–Crippen LogP) is 4.00. The third kappa shape index (κ3) is 4.69. The normalized spacial score (nSPS) is 13.5. The fourth-order valence-corrected chi connectivity index (χ4v) is 1.37. The van der Waals surface area contributed by atoms with Gasteiger partial charge in [0.05, 0.1) is 5.69 Å². The quantitative estimate of drug-likeness (QED) is 0.841. The highest BCUT2D eigenvalue weighted by Gasteiger charge is 2.35. The van der Waals surface area contributed by atoms with Crippen LogP contribution in [0.5, 0.6) is 0 Å². The second-order valence-corrected chi connectivity index (χ2v) is 6.58. The lowest BCUT2D eigenvalue weighted by Gasteiger charge is -2.24. The lowest BCUT2D eigenvalue weighted by atomic mass is 9.91. The number of rotatable bonds is 1. The average molecular weight is 275 g/mol. The summed E-state index contributed by atoms with van der Waals surface area (Å²) >= 11 is 0. The molecule has 19 heavy (non-hydrogen) atoms. The first-order chi connectivity index (χ1) is 8.29. The molecule has 3 nitrogen and oxygen atoms in total. The molecule has 0 spiro atoms. The molecule has 6 heteroatoms. The van der Waals surface area contributed by atoms with E-state index >= 15 is 0 Å². The summed E-state index contributed by atoms with van der Waals surface area (Å²) < 4.78 is 38.6. The van der Waals surface area contributed by atoms with Crippen molar-refractivity contribution < 1.29 is 13.2 Å². The summed E-state index contributed by atoms with van der Waals surface area (Å²) in [4.78, 5) is 7.74. The van der Waals surface area contributed by atoms with Crippen molar-refractivity contribution in [3.63, 3.8) is 0 Å². The summed E-state index contributed by atoms with van der Waals surface area (Å²) in [7, 11) is 0. The second kappa shape index (κ2) is 4.65. The summed E-state index contributed by atoms with van der Waals surface area (Å²) in [5.74, 6) is 0.00671. The van der Waals surface area contributed by atoms with Crippen molar-refractivity contribution in [3.05, 3.63) is 17.5 Å². The maximum Gasteiger partial charge on any atom is 0.433 e. The van der Waals surface area contributed by atoms with E-state index in [-0.39, 0.29) is 5.95 Å². The molecule has 0 radical (unpaired) electrons. The van der Waals surface area contributed by atoms with Gasteiger partial charge >= 0.3 is 6.18 Å². The van der Waals surface area contributed by atoms with Gasteiger partial charge in [-0.05, 0) is 26.8 Å². The van der Waals surface area contributed by atoms with Gasteiger partial charge in [-0.3, -0.25) is 0 Å². The molecule has 1 heterocycles. The van der Waals surface area contributed by atoms with Gasteiger partial charge in [-0.15, -0.1) is 0 Å². The number of aromatic nitrogens is 2. The average Bonchev–Trinajstić information content (AvgIpc) is 2.11. The topological polar surface area (TPSA) is 37.8 Å². The summed E-state index contributed by atoms with van der Waals surface area (Å²) in [6.45, 7) is 11.0. The van der Waals surface area contributed by atoms with Gasteiger partial charge in [0.25, 0.3) is 0 Å². The van der Waals surface area contributed by atoms with Crippen LogP contribution in [0.3, 0.4) is 0 Å². The standard InChI is InChI=1S/C13H20F3N3/c1-11(2,3)8-7-9(13(14,15)16)18-10(17-8)19-12(4,5)6/h7H,1-6H3,(H,17,18,19). The van der Waals surface area contributed by atoms with Crippen molar-refractivity contribution in [2.75, 3.05) is 5.32 Å². The number of nitrogens with one attached hydrogen (secondary N) is 1. The lowest BCUT2D eigenvalue weighted by molar-refractivity contribution is -0.141. The van der Waals surface area contributed by atoms with Gasteiger partial charge in [-0.1, -0.05) is 20.8 Å². The molecule has 1 N–H and O–H groups in total. The van der Waals surface area contributed by atoms with Crippen LogP contribution in [0.2, 0.25) is 0 Å². The predicted molar refractivity (Wildman–Crippen MR) is 69.1 cm³/mol. The van der Waals surface area contributed by atoms with E-state index in [1.807, 2.05) is 41.5 Å². The first-order valence-corrected chi connectivity index (χ1v) is 6.04. The number of alkyl halides is 3. The Morgan fingerprint density at radius 2 is 1.37 bits per heavy atom. The molecular weight excluding hydrogens is 255 g/mol. The van der Waals surface area contributed by atoms with Gasteiger partial charge < -0.3 is 5.32 Å². The minimum atomic E-state index is -4.47. The van der Waals surface area contributed by atoms with Crippen molar-refractivity contribution in [2.24, 2.45) is 0 Å². The van der Waals surface area contributed by atoms with Gasteiger partial charge in [0, 0.05) is 11.0 Å². The summed E-state index contributed by atoms with van der Waals surface area (Å²) in [5.41, 5.74) is -1.43. The van der Waals surface area contributed by atoms with E-state index in [9.17, 15) is 13.2 Å². The van der Waals surface area contributed by atoms with Crippen LogP contribution >= 0.6 is 0 Å². The van der Waals surface area contributed by atoms with Crippen LogP contribution in [0.15, 0.2) is 6.07 Å². The molecule has 1 aromatic heterocycles. The number of anilines is 1. The fourth-order valence-electron chi connectivity index (χ4n) is 1.37. The molecule has 1 rings (SSSR count). The van der Waals surface area contributed by atoms with Crippen molar-refractivity contribution in [2.45, 2.75) is 58.7 Å². The minimum Gasteiger partial charge on any atom is -0.350 e. The van der Waals surface area contributed by atoms with Crippen molar-refractivity contribution in [3.8, 4) is 0 Å². The first kappa shape index (κ1) is 15.7. The molecule has 0 fully saturated rings. The van der Waals surface area contributed by atoms with Crippen LogP contribution in [0.25, 0.3) is 0 Å². The molecule has 1 aromatic rings. The molecule has 0 aliphatic carbocycles. The highest BCUT2D eigenvalue weighted by molar-refractivity contribution is 5.34. The maximum absolute atomic E-state index is 12.9. The summed E-state index contributed by atoms with van der Waals surface area (Å²) in [5, 5.41) is 2.88. The maximum atomic E-state index is 12.9. The van der Waals surface area contributed by atoms with Gasteiger partial charge in [0.1, 0.15) is 5.69 Å². The van der Waals surface area contributed by atoms with Gasteiger partial charge in [-0.2, -0.15) is 13.2 Å². The Balaban J connectivity index is 3.33. The molecular formula is C13H20F3N3. The number of hydrogen-bond acceptors (Lipinski definition) is 3. The van der Waals surface area contributed by atoms with Crippen LogP contribution in [0.4, 0.5) is 19.1 Å². The molecule has 0 aliphatic heterocycles. The fraction of sp³-hybridized carbons (Fsp3) is 0.692. The molecule has 0 bridgehead atoms. The second-order valence-electron chi connectivity index (χ2n) is 6.58. The number of halogens is 3. The van der Waals surface area contributed by atoms with E-state index in [2.05, 4.69) is 15.3 Å². The summed E-state index contributed by atoms with van der Waals surface area (Å²) in [6, 6.07) is 1.01. The molecule has 0 unspecified atom stereocenters. The SMILES string of the molecule is CC(C)(C)Nc1nc(C(C)(C)C)cc(C(F)(F)F)n1. The zero-order valence-corrected chi connectivity index (χ0v) is 12.1. The third-order valence-corrected chi connectivity index (χ3v) is 2.27. The van der Waals surface area contributed by atoms with E-state index in [1.165, 1.54) is 0 Å². The molecule has 0 saturated heterocycles. The van der Waals surface area contributed by atoms with E-state index in [0.29, 0.717) is 5.69 Å². The number of hydrogen-bond donors (Lipinski definition) is 1. The Morgan fingerprint density at radius 3 is 1.74 bits per heavy atom. The van der Waals surface area contributed by atoms with Gasteiger partial charge in [0.2, 0.25) is 5.95 Å². The van der Waals surface area contributed by atoms with E-state index in [0.717, 1.165) is 6.07 Å². The van der Waals surface area contributed by atoms with Gasteiger partial charge in [0.15, 0.2) is 0 Å². The smallest absolute Gasteiger partial charge is 0.350 e. The largest absolute Gasteiger partial charge is 0.433 e. The van der Waals surface area contributed by atoms with E-state index in [4.69, 9.17) is 0 Å². The van der Waals surface area contributed by atoms with Crippen molar-refractivity contribution in [1.82, 2.24) is 9.97 Å². The van der Waals surface area contributed by atoms with Crippen molar-refractivity contribution in [1.29, 1.82) is 0 Å². The van der Waals surface area contributed by atoms with Crippen LogP contribution in [0, 0.1) is 0 Å². The monoisotopic (exact) mass is 275 g/mol. The Bertz CT molecular complexity index is 421. The van der Waals surface area contributed by atoms with Crippen LogP contribution in [0.1, 0.15) is 52.9 Å². The van der Waals surface area contributed by atoms with Gasteiger partial charge in [-0.25, -0.2) is 9.97 Å². The molecule has 0 amide bonds. The molecule has 0 aromatic carbocycles. The Morgan fingerprint density at radius 1 is 0.895 bits per heavy atom. The zero-order chi connectivity index (χ0) is 15.1. The van der Waals surface area contributed by atoms with E-state index < -0.39 is 22.8 Å². The Labute approximate surface area is 111 Å². The van der Waals surface area contributed by atoms with E-state index in [1.54, 1.807) is 0 Å². The minimum absolute atomic E-state index is 0.00671. The zero-order valence-electron chi connectivity index (χ0n) is 12.1. The highest BCUT2D eigenvalue weighted by Crippen LogP contribution is 2.31. The molecule has 0 saturated carbocycles. The highest BCUT2D eigenvalue weighted by atomic mass is 19.4. The lowest BCUT2D eigenvalue weighted by Crippen LogP contribution is -2.29. The third-order valence-electron chi connectivity index (χ3n) is 2.27. The van der Waals surface area contributed by atoms with Crippen LogP contribution < -0.4 is 5.32 Å². The molecule has 0 aliphatic rings. The Hall–Kier alpha value is -1.33. The molecule has 0 atom stereocenters. The summed E-state index contributed by atoms with van der Waals surface area (Å²) in [6.07, 6.45) is -4.47. The van der Waals surface area contributed by atoms with Crippen molar-refractivity contribution >= 4 is 5.95 Å². The first-order valence-electron chi connectivity index (χ1n) is 6.04. The Kier molecular flexibility index (Phi) is 3.85. The van der Waals surface area contributed by atoms with Crippen LogP contribution in [-0.4, -0.2) is 15.5 Å². The molecule has 108 valence electrons. The van der Waals surface area contributed by atoms with Crippen LogP contribution in [-0.2, 0) is 11.6 Å². The number of nitrogens with zero attached hydrogens (tertiary/aromatic N) is 2.